The predicted molar refractivity (Wildman–Crippen MR) is 109 cm³/mol. The molecule has 140 valence electrons. The SMILES string of the molecule is CC(C)(C)[C@H]1CCc2c(sc(N=Cc3cc([N+](=O)[O-])ccc3Cl)c2C#N)C1. The van der Waals surface area contributed by atoms with E-state index in [0.717, 1.165) is 24.8 Å². The van der Waals surface area contributed by atoms with Crippen LogP contribution in [0, 0.1) is 32.8 Å². The van der Waals surface area contributed by atoms with Crippen molar-refractivity contribution in [2.75, 3.05) is 0 Å². The van der Waals surface area contributed by atoms with E-state index in [1.165, 1.54) is 29.3 Å². The van der Waals surface area contributed by atoms with Crippen molar-refractivity contribution in [3.05, 3.63) is 54.9 Å². The fourth-order valence-corrected chi connectivity index (χ4v) is 4.78. The number of rotatable bonds is 3. The standard InChI is InChI=1S/C20H20ClN3O2S/c1-20(2,3)13-4-6-15-16(10-22)19(27-18(15)9-13)23-11-12-8-14(24(25)26)5-7-17(12)21/h5,7-8,11,13H,4,6,9H2,1-3H3/t13-/m0/s1. The molecule has 0 saturated carbocycles. The van der Waals surface area contributed by atoms with Gasteiger partial charge in [0.15, 0.2) is 0 Å². The molecule has 27 heavy (non-hydrogen) atoms. The van der Waals surface area contributed by atoms with E-state index in [1.54, 1.807) is 11.3 Å². The van der Waals surface area contributed by atoms with Gasteiger partial charge in [-0.2, -0.15) is 5.26 Å². The lowest BCUT2D eigenvalue weighted by Crippen LogP contribution is -2.26. The van der Waals surface area contributed by atoms with Gasteiger partial charge in [-0.05, 0) is 42.2 Å². The van der Waals surface area contributed by atoms with Gasteiger partial charge >= 0.3 is 0 Å². The third-order valence-electron chi connectivity index (χ3n) is 5.09. The Bertz CT molecular complexity index is 967. The van der Waals surface area contributed by atoms with Crippen LogP contribution in [0.2, 0.25) is 5.02 Å². The van der Waals surface area contributed by atoms with E-state index < -0.39 is 4.92 Å². The summed E-state index contributed by atoms with van der Waals surface area (Å²) in [6.45, 7) is 6.76. The molecule has 0 radical (unpaired) electrons. The van der Waals surface area contributed by atoms with Gasteiger partial charge in [-0.25, -0.2) is 4.99 Å². The minimum Gasteiger partial charge on any atom is -0.258 e. The minimum atomic E-state index is -0.467. The van der Waals surface area contributed by atoms with Crippen molar-refractivity contribution in [2.45, 2.75) is 40.0 Å². The molecule has 0 amide bonds. The number of thiophene rings is 1. The summed E-state index contributed by atoms with van der Waals surface area (Å²) in [5.74, 6) is 0.582. The number of hydrogen-bond acceptors (Lipinski definition) is 5. The molecule has 0 spiro atoms. The van der Waals surface area contributed by atoms with Gasteiger partial charge in [0.05, 0.1) is 10.5 Å². The van der Waals surface area contributed by atoms with Crippen molar-refractivity contribution in [3.8, 4) is 6.07 Å². The van der Waals surface area contributed by atoms with Gasteiger partial charge in [0.1, 0.15) is 11.1 Å². The van der Waals surface area contributed by atoms with Gasteiger partial charge in [0.25, 0.3) is 5.69 Å². The zero-order chi connectivity index (χ0) is 19.8. The number of benzene rings is 1. The number of non-ortho nitro benzene ring substituents is 1. The highest BCUT2D eigenvalue weighted by Gasteiger charge is 2.32. The number of fused-ring (bicyclic) bond motifs is 1. The Morgan fingerprint density at radius 3 is 2.81 bits per heavy atom. The van der Waals surface area contributed by atoms with Crippen LogP contribution in [0.5, 0.6) is 0 Å². The zero-order valence-corrected chi connectivity index (χ0v) is 17.0. The molecule has 0 bridgehead atoms. The van der Waals surface area contributed by atoms with E-state index in [4.69, 9.17) is 11.6 Å². The van der Waals surface area contributed by atoms with Crippen LogP contribution < -0.4 is 0 Å². The van der Waals surface area contributed by atoms with Crippen LogP contribution in [-0.4, -0.2) is 11.1 Å². The van der Waals surface area contributed by atoms with E-state index in [-0.39, 0.29) is 11.1 Å². The van der Waals surface area contributed by atoms with Gasteiger partial charge in [-0.3, -0.25) is 10.1 Å². The third-order valence-corrected chi connectivity index (χ3v) is 6.60. The van der Waals surface area contributed by atoms with Gasteiger partial charge in [-0.15, -0.1) is 11.3 Å². The fourth-order valence-electron chi connectivity index (χ4n) is 3.39. The number of nitro benzene ring substituents is 1. The number of nitro groups is 1. The van der Waals surface area contributed by atoms with E-state index in [1.807, 2.05) is 0 Å². The maximum atomic E-state index is 11.0. The van der Waals surface area contributed by atoms with Gasteiger partial charge in [-0.1, -0.05) is 32.4 Å². The second-order valence-electron chi connectivity index (χ2n) is 7.82. The van der Waals surface area contributed by atoms with Crippen LogP contribution in [0.15, 0.2) is 23.2 Å². The van der Waals surface area contributed by atoms with Crippen molar-refractivity contribution in [2.24, 2.45) is 16.3 Å². The Morgan fingerprint density at radius 1 is 1.44 bits per heavy atom. The van der Waals surface area contributed by atoms with Crippen LogP contribution in [0.4, 0.5) is 10.7 Å². The molecule has 3 rings (SSSR count). The first kappa shape index (κ1) is 19.5. The second-order valence-corrected chi connectivity index (χ2v) is 9.31. The highest BCUT2D eigenvalue weighted by molar-refractivity contribution is 7.16. The minimum absolute atomic E-state index is 0.0418. The zero-order valence-electron chi connectivity index (χ0n) is 15.5. The normalized spacial score (nSPS) is 16.9. The van der Waals surface area contributed by atoms with Gasteiger partial charge in [0, 0.05) is 33.8 Å². The van der Waals surface area contributed by atoms with Gasteiger partial charge < -0.3 is 0 Å². The topological polar surface area (TPSA) is 79.3 Å². The smallest absolute Gasteiger partial charge is 0.258 e. The Labute approximate surface area is 167 Å². The van der Waals surface area contributed by atoms with Crippen molar-refractivity contribution in [3.63, 3.8) is 0 Å². The average molecular weight is 402 g/mol. The quantitative estimate of drug-likeness (QED) is 0.355. The summed E-state index contributed by atoms with van der Waals surface area (Å²) in [6, 6.07) is 6.53. The molecule has 0 unspecified atom stereocenters. The third kappa shape index (κ3) is 4.05. The number of nitrogens with zero attached hydrogens (tertiary/aromatic N) is 3. The summed E-state index contributed by atoms with van der Waals surface area (Å²) in [4.78, 5) is 16.2. The molecular weight excluding hydrogens is 382 g/mol. The highest BCUT2D eigenvalue weighted by Crippen LogP contribution is 2.44. The Morgan fingerprint density at radius 2 is 2.19 bits per heavy atom. The summed E-state index contributed by atoms with van der Waals surface area (Å²) in [5, 5.41) is 21.6. The van der Waals surface area contributed by atoms with Crippen molar-refractivity contribution >= 4 is 39.8 Å². The lowest BCUT2D eigenvalue weighted by Gasteiger charge is -2.33. The van der Waals surface area contributed by atoms with Crippen molar-refractivity contribution in [1.82, 2.24) is 0 Å². The molecule has 2 aromatic rings. The Balaban J connectivity index is 1.94. The van der Waals surface area contributed by atoms with Crippen molar-refractivity contribution in [1.29, 1.82) is 5.26 Å². The predicted octanol–water partition coefficient (Wildman–Crippen LogP) is 6.08. The summed E-state index contributed by atoms with van der Waals surface area (Å²) in [5.41, 5.74) is 2.39. The summed E-state index contributed by atoms with van der Waals surface area (Å²) in [6.07, 6.45) is 4.44. The van der Waals surface area contributed by atoms with Crippen LogP contribution in [-0.2, 0) is 12.8 Å². The van der Waals surface area contributed by atoms with Crippen molar-refractivity contribution < 1.29 is 4.92 Å². The van der Waals surface area contributed by atoms with Gasteiger partial charge in [0.2, 0.25) is 0 Å². The van der Waals surface area contributed by atoms with E-state index in [9.17, 15) is 15.4 Å². The monoisotopic (exact) mass is 401 g/mol. The molecule has 7 heteroatoms. The summed E-state index contributed by atoms with van der Waals surface area (Å²) >= 11 is 7.68. The molecule has 1 aliphatic rings. The second kappa shape index (κ2) is 7.41. The first-order valence-electron chi connectivity index (χ1n) is 8.73. The molecule has 0 saturated heterocycles. The molecule has 1 atom stereocenters. The molecule has 1 heterocycles. The molecular formula is C20H20ClN3O2S. The summed E-state index contributed by atoms with van der Waals surface area (Å²) in [7, 11) is 0. The first-order chi connectivity index (χ1) is 12.7. The highest BCUT2D eigenvalue weighted by atomic mass is 35.5. The fraction of sp³-hybridized carbons (Fsp3) is 0.400. The first-order valence-corrected chi connectivity index (χ1v) is 9.92. The van der Waals surface area contributed by atoms with Crippen LogP contribution >= 0.6 is 22.9 Å². The van der Waals surface area contributed by atoms with Crippen LogP contribution in [0.1, 0.15) is 48.8 Å². The summed E-state index contributed by atoms with van der Waals surface area (Å²) < 4.78 is 0. The Kier molecular flexibility index (Phi) is 5.36. The maximum absolute atomic E-state index is 11.0. The molecule has 0 N–H and O–H groups in total. The largest absolute Gasteiger partial charge is 0.270 e. The maximum Gasteiger partial charge on any atom is 0.270 e. The molecule has 1 aromatic heterocycles. The van der Waals surface area contributed by atoms with E-state index in [2.05, 4.69) is 31.8 Å². The molecule has 1 aromatic carbocycles. The number of hydrogen-bond donors (Lipinski definition) is 0. The molecule has 0 aliphatic heterocycles. The number of aliphatic imine (C=N–C) groups is 1. The van der Waals surface area contributed by atoms with Crippen LogP contribution in [0.3, 0.4) is 0 Å². The molecule has 0 fully saturated rings. The van der Waals surface area contributed by atoms with E-state index >= 15 is 0 Å². The number of halogens is 1. The average Bonchev–Trinajstić information content (AvgIpc) is 2.96. The lowest BCUT2D eigenvalue weighted by atomic mass is 9.72. The molecule has 1 aliphatic carbocycles. The Hall–Kier alpha value is -2.23. The molecule has 5 nitrogen and oxygen atoms in total. The van der Waals surface area contributed by atoms with E-state index in [0.29, 0.717) is 27.1 Å². The number of nitriles is 1. The lowest BCUT2D eigenvalue weighted by molar-refractivity contribution is -0.384. The van der Waals surface area contributed by atoms with Crippen LogP contribution in [0.25, 0.3) is 0 Å².